The van der Waals surface area contributed by atoms with Crippen molar-refractivity contribution in [1.82, 2.24) is 5.32 Å². The van der Waals surface area contributed by atoms with Gasteiger partial charge >= 0.3 is 0 Å². The van der Waals surface area contributed by atoms with Gasteiger partial charge in [-0.3, -0.25) is 4.79 Å². The number of amides is 1. The third-order valence-electron chi connectivity index (χ3n) is 2.87. The van der Waals surface area contributed by atoms with E-state index in [9.17, 15) is 4.79 Å². The number of aliphatic hydroxyl groups is 1. The maximum atomic E-state index is 11.3. The van der Waals surface area contributed by atoms with Gasteiger partial charge in [-0.1, -0.05) is 43.7 Å². The Balaban J connectivity index is 2.65. The summed E-state index contributed by atoms with van der Waals surface area (Å²) in [5, 5.41) is 11.5. The summed E-state index contributed by atoms with van der Waals surface area (Å²) in [4.78, 5) is 11.3. The molecule has 0 aliphatic rings. The monoisotopic (exact) mass is 235 g/mol. The third kappa shape index (κ3) is 4.19. The second kappa shape index (κ2) is 5.82. The summed E-state index contributed by atoms with van der Waals surface area (Å²) < 4.78 is 0. The summed E-state index contributed by atoms with van der Waals surface area (Å²) in [6, 6.07) is 8.30. The first kappa shape index (κ1) is 13.7. The standard InChI is InChI=1S/C14H21NO2/c1-11-5-4-6-12(9-11)14(2,3)10-15-13(17)7-8-16/h4-6,9,16H,7-8,10H2,1-3H3,(H,15,17). The Morgan fingerprint density at radius 3 is 2.71 bits per heavy atom. The number of aliphatic hydroxyl groups excluding tert-OH is 1. The molecule has 0 atom stereocenters. The molecule has 0 spiro atoms. The molecule has 17 heavy (non-hydrogen) atoms. The van der Waals surface area contributed by atoms with E-state index in [1.807, 2.05) is 6.07 Å². The van der Waals surface area contributed by atoms with Crippen molar-refractivity contribution in [2.75, 3.05) is 13.2 Å². The molecule has 1 aromatic carbocycles. The molecule has 0 aromatic heterocycles. The van der Waals surface area contributed by atoms with Crippen LogP contribution in [0.25, 0.3) is 0 Å². The van der Waals surface area contributed by atoms with E-state index < -0.39 is 0 Å². The Bertz CT molecular complexity index is 386. The lowest BCUT2D eigenvalue weighted by Gasteiger charge is -2.26. The van der Waals surface area contributed by atoms with E-state index in [-0.39, 0.29) is 24.3 Å². The number of carbonyl (C=O) groups is 1. The molecule has 1 amide bonds. The maximum absolute atomic E-state index is 11.3. The first-order chi connectivity index (χ1) is 7.95. The minimum absolute atomic E-state index is 0.100. The number of nitrogens with one attached hydrogen (secondary N) is 1. The van der Waals surface area contributed by atoms with Gasteiger partial charge < -0.3 is 10.4 Å². The van der Waals surface area contributed by atoms with Gasteiger partial charge in [0.2, 0.25) is 5.91 Å². The highest BCUT2D eigenvalue weighted by atomic mass is 16.3. The number of rotatable bonds is 5. The predicted octanol–water partition coefficient (Wildman–Crippen LogP) is 1.77. The van der Waals surface area contributed by atoms with Crippen molar-refractivity contribution in [3.8, 4) is 0 Å². The minimum Gasteiger partial charge on any atom is -0.396 e. The lowest BCUT2D eigenvalue weighted by molar-refractivity contribution is -0.121. The number of aryl methyl sites for hydroxylation is 1. The fraction of sp³-hybridized carbons (Fsp3) is 0.500. The lowest BCUT2D eigenvalue weighted by Crippen LogP contribution is -2.36. The highest BCUT2D eigenvalue weighted by molar-refractivity contribution is 5.76. The van der Waals surface area contributed by atoms with Crippen LogP contribution in [-0.4, -0.2) is 24.2 Å². The minimum atomic E-state index is -0.103. The van der Waals surface area contributed by atoms with Gasteiger partial charge in [-0.15, -0.1) is 0 Å². The Labute approximate surface area is 103 Å². The van der Waals surface area contributed by atoms with Gasteiger partial charge in [0.05, 0.1) is 6.61 Å². The van der Waals surface area contributed by atoms with Crippen LogP contribution in [-0.2, 0) is 10.2 Å². The molecule has 1 rings (SSSR count). The van der Waals surface area contributed by atoms with E-state index in [4.69, 9.17) is 5.11 Å². The quantitative estimate of drug-likeness (QED) is 0.817. The summed E-state index contributed by atoms with van der Waals surface area (Å²) in [5.74, 6) is -0.103. The van der Waals surface area contributed by atoms with Crippen LogP contribution >= 0.6 is 0 Å². The van der Waals surface area contributed by atoms with Crippen molar-refractivity contribution in [2.45, 2.75) is 32.6 Å². The molecule has 0 aliphatic heterocycles. The van der Waals surface area contributed by atoms with Crippen LogP contribution in [0, 0.1) is 6.92 Å². The molecule has 1 aromatic rings. The molecule has 0 unspecified atom stereocenters. The fourth-order valence-corrected chi connectivity index (χ4v) is 1.68. The van der Waals surface area contributed by atoms with E-state index in [0.29, 0.717) is 6.54 Å². The van der Waals surface area contributed by atoms with E-state index in [0.717, 1.165) is 0 Å². The first-order valence-electron chi connectivity index (χ1n) is 5.90. The Hall–Kier alpha value is -1.35. The molecule has 0 fully saturated rings. The number of carbonyl (C=O) groups excluding carboxylic acids is 1. The zero-order valence-electron chi connectivity index (χ0n) is 10.8. The first-order valence-corrected chi connectivity index (χ1v) is 5.90. The predicted molar refractivity (Wildman–Crippen MR) is 68.9 cm³/mol. The van der Waals surface area contributed by atoms with Gasteiger partial charge in [0.15, 0.2) is 0 Å². The zero-order valence-corrected chi connectivity index (χ0v) is 10.8. The van der Waals surface area contributed by atoms with Crippen molar-refractivity contribution in [2.24, 2.45) is 0 Å². The largest absolute Gasteiger partial charge is 0.396 e. The zero-order chi connectivity index (χ0) is 12.9. The molecule has 0 bridgehead atoms. The summed E-state index contributed by atoms with van der Waals surface area (Å²) in [6.07, 6.45) is 0.171. The summed E-state index contributed by atoms with van der Waals surface area (Å²) >= 11 is 0. The second-order valence-electron chi connectivity index (χ2n) is 5.00. The molecule has 0 aliphatic carbocycles. The molecular formula is C14H21NO2. The molecule has 3 heteroatoms. The summed E-state index contributed by atoms with van der Waals surface area (Å²) in [5.41, 5.74) is 2.33. The SMILES string of the molecule is Cc1cccc(C(C)(C)CNC(=O)CCO)c1. The van der Waals surface area contributed by atoms with Gasteiger partial charge in [-0.2, -0.15) is 0 Å². The topological polar surface area (TPSA) is 49.3 Å². The molecule has 0 saturated carbocycles. The van der Waals surface area contributed by atoms with Crippen LogP contribution in [0.15, 0.2) is 24.3 Å². The Morgan fingerprint density at radius 1 is 1.41 bits per heavy atom. The molecule has 0 radical (unpaired) electrons. The van der Waals surface area contributed by atoms with Crippen molar-refractivity contribution in [1.29, 1.82) is 0 Å². The number of hydrogen-bond donors (Lipinski definition) is 2. The van der Waals surface area contributed by atoms with Crippen LogP contribution in [0.1, 0.15) is 31.4 Å². The van der Waals surface area contributed by atoms with Crippen LogP contribution in [0.5, 0.6) is 0 Å². The van der Waals surface area contributed by atoms with Gasteiger partial charge in [0.25, 0.3) is 0 Å². The normalized spacial score (nSPS) is 11.3. The fourth-order valence-electron chi connectivity index (χ4n) is 1.68. The lowest BCUT2D eigenvalue weighted by atomic mass is 9.84. The van der Waals surface area contributed by atoms with Crippen LogP contribution in [0.2, 0.25) is 0 Å². The number of hydrogen-bond acceptors (Lipinski definition) is 2. The van der Waals surface area contributed by atoms with Gasteiger partial charge in [-0.05, 0) is 12.5 Å². The van der Waals surface area contributed by atoms with Crippen LogP contribution in [0.4, 0.5) is 0 Å². The Morgan fingerprint density at radius 2 is 2.12 bits per heavy atom. The average molecular weight is 235 g/mol. The van der Waals surface area contributed by atoms with Crippen molar-refractivity contribution in [3.63, 3.8) is 0 Å². The summed E-state index contributed by atoms with van der Waals surface area (Å²) in [7, 11) is 0. The maximum Gasteiger partial charge on any atom is 0.222 e. The van der Waals surface area contributed by atoms with E-state index >= 15 is 0 Å². The van der Waals surface area contributed by atoms with Gasteiger partial charge in [-0.25, -0.2) is 0 Å². The highest BCUT2D eigenvalue weighted by Crippen LogP contribution is 2.22. The average Bonchev–Trinajstić information content (AvgIpc) is 2.27. The molecule has 0 heterocycles. The molecular weight excluding hydrogens is 214 g/mol. The number of benzene rings is 1. The van der Waals surface area contributed by atoms with Crippen molar-refractivity contribution >= 4 is 5.91 Å². The summed E-state index contributed by atoms with van der Waals surface area (Å²) in [6.45, 7) is 6.73. The van der Waals surface area contributed by atoms with Crippen LogP contribution in [0.3, 0.4) is 0 Å². The van der Waals surface area contributed by atoms with Crippen molar-refractivity contribution < 1.29 is 9.90 Å². The molecule has 2 N–H and O–H groups in total. The van der Waals surface area contributed by atoms with E-state index in [2.05, 4.69) is 44.3 Å². The Kier molecular flexibility index (Phi) is 4.70. The highest BCUT2D eigenvalue weighted by Gasteiger charge is 2.21. The molecule has 0 saturated heterocycles. The molecule has 94 valence electrons. The van der Waals surface area contributed by atoms with Gasteiger partial charge in [0, 0.05) is 18.4 Å². The van der Waals surface area contributed by atoms with Crippen molar-refractivity contribution in [3.05, 3.63) is 35.4 Å². The third-order valence-corrected chi connectivity index (χ3v) is 2.87. The second-order valence-corrected chi connectivity index (χ2v) is 5.00. The van der Waals surface area contributed by atoms with Crippen LogP contribution < -0.4 is 5.32 Å². The molecule has 3 nitrogen and oxygen atoms in total. The van der Waals surface area contributed by atoms with Gasteiger partial charge in [0.1, 0.15) is 0 Å². The van der Waals surface area contributed by atoms with E-state index in [1.54, 1.807) is 0 Å². The smallest absolute Gasteiger partial charge is 0.222 e. The van der Waals surface area contributed by atoms with E-state index in [1.165, 1.54) is 11.1 Å².